The number of piperidine rings is 1. The molecule has 2 heterocycles. The van der Waals surface area contributed by atoms with E-state index in [1.54, 1.807) is 0 Å². The maximum atomic E-state index is 11.6. The number of hydrazine groups is 1. The summed E-state index contributed by atoms with van der Waals surface area (Å²) in [5.74, 6) is 0.731. The van der Waals surface area contributed by atoms with Crippen molar-refractivity contribution in [3.05, 3.63) is 24.3 Å². The molecule has 0 aromatic rings. The Balaban J connectivity index is 1.82. The van der Waals surface area contributed by atoms with Crippen LogP contribution in [0.15, 0.2) is 24.3 Å². The number of hydrogen-bond acceptors (Lipinski definition) is 3. The van der Waals surface area contributed by atoms with Gasteiger partial charge in [-0.3, -0.25) is 10.2 Å². The van der Waals surface area contributed by atoms with E-state index < -0.39 is 0 Å². The van der Waals surface area contributed by atoms with E-state index in [4.69, 9.17) is 0 Å². The highest BCUT2D eigenvalue weighted by Gasteiger charge is 2.45. The van der Waals surface area contributed by atoms with Crippen molar-refractivity contribution in [2.75, 3.05) is 6.54 Å². The van der Waals surface area contributed by atoms with Crippen LogP contribution >= 0.6 is 0 Å². The quantitative estimate of drug-likeness (QED) is 0.541. The maximum Gasteiger partial charge on any atom is 0.240 e. The molecule has 4 heteroatoms. The molecule has 0 radical (unpaired) electrons. The fraction of sp³-hybridized carbons (Fsp3) is 0.583. The Morgan fingerprint density at radius 3 is 2.88 bits per heavy atom. The van der Waals surface area contributed by atoms with E-state index in [1.165, 1.54) is 0 Å². The van der Waals surface area contributed by atoms with Gasteiger partial charge in [0.15, 0.2) is 0 Å². The Labute approximate surface area is 95.1 Å². The van der Waals surface area contributed by atoms with Crippen molar-refractivity contribution in [3.8, 4) is 0 Å². The van der Waals surface area contributed by atoms with E-state index in [-0.39, 0.29) is 17.9 Å². The van der Waals surface area contributed by atoms with Crippen LogP contribution in [0.5, 0.6) is 0 Å². The minimum absolute atomic E-state index is 0.0954. The van der Waals surface area contributed by atoms with E-state index >= 15 is 0 Å². The molecule has 3 aliphatic rings. The van der Waals surface area contributed by atoms with Gasteiger partial charge < -0.3 is 5.32 Å². The summed E-state index contributed by atoms with van der Waals surface area (Å²) in [6, 6.07) is 0.776. The van der Waals surface area contributed by atoms with Crippen LogP contribution < -0.4 is 16.2 Å². The van der Waals surface area contributed by atoms with Crippen LogP contribution in [0.4, 0.5) is 0 Å². The van der Waals surface area contributed by atoms with Gasteiger partial charge >= 0.3 is 0 Å². The Morgan fingerprint density at radius 2 is 2.00 bits per heavy atom. The van der Waals surface area contributed by atoms with Gasteiger partial charge in [-0.2, -0.15) is 0 Å². The largest absolute Gasteiger partial charge is 0.312 e. The van der Waals surface area contributed by atoms with Gasteiger partial charge in [0.2, 0.25) is 5.91 Å². The Morgan fingerprint density at radius 1 is 1.19 bits per heavy atom. The molecule has 2 fully saturated rings. The zero-order valence-corrected chi connectivity index (χ0v) is 9.15. The second-order valence-electron chi connectivity index (χ2n) is 4.77. The monoisotopic (exact) mass is 219 g/mol. The molecular weight excluding hydrogens is 202 g/mol. The molecule has 1 amide bonds. The van der Waals surface area contributed by atoms with Crippen molar-refractivity contribution in [2.45, 2.75) is 24.9 Å². The molecule has 86 valence electrons. The molecule has 0 saturated carbocycles. The smallest absolute Gasteiger partial charge is 0.240 e. The van der Waals surface area contributed by atoms with Crippen LogP contribution in [-0.4, -0.2) is 24.5 Å². The van der Waals surface area contributed by atoms with Gasteiger partial charge in [-0.15, -0.1) is 0 Å². The van der Waals surface area contributed by atoms with Crippen LogP contribution in [0, 0.1) is 11.8 Å². The number of rotatable bonds is 0. The molecular formula is C12H17N3O. The van der Waals surface area contributed by atoms with E-state index in [0.717, 1.165) is 19.4 Å². The summed E-state index contributed by atoms with van der Waals surface area (Å²) in [7, 11) is 0. The van der Waals surface area contributed by atoms with Gasteiger partial charge in [-0.25, -0.2) is 5.43 Å². The Kier molecular flexibility index (Phi) is 2.53. The van der Waals surface area contributed by atoms with E-state index in [0.29, 0.717) is 12.0 Å². The van der Waals surface area contributed by atoms with Crippen molar-refractivity contribution in [1.29, 1.82) is 0 Å². The molecule has 0 aromatic carbocycles. The minimum Gasteiger partial charge on any atom is -0.312 e. The van der Waals surface area contributed by atoms with Crippen molar-refractivity contribution in [3.63, 3.8) is 0 Å². The van der Waals surface area contributed by atoms with E-state index in [1.807, 2.05) is 0 Å². The first-order chi connectivity index (χ1) is 7.86. The zero-order chi connectivity index (χ0) is 11.0. The van der Waals surface area contributed by atoms with Crippen molar-refractivity contribution >= 4 is 5.91 Å². The van der Waals surface area contributed by atoms with Crippen molar-refractivity contribution < 1.29 is 4.79 Å². The summed E-state index contributed by atoms with van der Waals surface area (Å²) >= 11 is 0. The highest BCUT2D eigenvalue weighted by atomic mass is 16.2. The van der Waals surface area contributed by atoms with Gasteiger partial charge in [0.05, 0.1) is 5.92 Å². The average molecular weight is 219 g/mol. The topological polar surface area (TPSA) is 53.2 Å². The summed E-state index contributed by atoms with van der Waals surface area (Å²) in [6.45, 7) is 0.794. The molecule has 4 nitrogen and oxygen atoms in total. The molecule has 3 N–H and O–H groups in total. The first-order valence-electron chi connectivity index (χ1n) is 5.96. The lowest BCUT2D eigenvalue weighted by Crippen LogP contribution is -2.56. The van der Waals surface area contributed by atoms with Gasteiger partial charge in [-0.05, 0) is 18.8 Å². The fourth-order valence-corrected chi connectivity index (χ4v) is 3.00. The highest BCUT2D eigenvalue weighted by Crippen LogP contribution is 2.30. The number of nitrogens with one attached hydrogen (secondary N) is 3. The van der Waals surface area contributed by atoms with Crippen molar-refractivity contribution in [1.82, 2.24) is 16.2 Å². The molecule has 0 bridgehead atoms. The van der Waals surface area contributed by atoms with Crippen LogP contribution in [0.3, 0.4) is 0 Å². The molecule has 0 spiro atoms. The van der Waals surface area contributed by atoms with E-state index in [9.17, 15) is 4.79 Å². The third-order valence-corrected chi connectivity index (χ3v) is 3.89. The second-order valence-corrected chi connectivity index (χ2v) is 4.77. The molecule has 4 atom stereocenters. The van der Waals surface area contributed by atoms with Gasteiger partial charge in [0.1, 0.15) is 0 Å². The van der Waals surface area contributed by atoms with Crippen LogP contribution in [-0.2, 0) is 4.79 Å². The first kappa shape index (κ1) is 10.1. The molecule has 1 aliphatic carbocycles. The molecule has 2 saturated heterocycles. The lowest BCUT2D eigenvalue weighted by molar-refractivity contribution is -0.123. The predicted molar refractivity (Wildman–Crippen MR) is 61.4 cm³/mol. The summed E-state index contributed by atoms with van der Waals surface area (Å²) in [5.41, 5.74) is 5.92. The van der Waals surface area contributed by atoms with Crippen LogP contribution in [0.2, 0.25) is 0 Å². The molecule has 3 rings (SSSR count). The average Bonchev–Trinajstić information content (AvgIpc) is 2.61. The van der Waals surface area contributed by atoms with Crippen molar-refractivity contribution in [2.24, 2.45) is 11.8 Å². The number of fused-ring (bicyclic) bond motifs is 3. The first-order valence-corrected chi connectivity index (χ1v) is 5.96. The highest BCUT2D eigenvalue weighted by molar-refractivity contribution is 5.81. The lowest BCUT2D eigenvalue weighted by Gasteiger charge is -2.39. The summed E-state index contributed by atoms with van der Waals surface area (Å²) in [5, 5.41) is 3.50. The number of carbonyl (C=O) groups is 1. The SMILES string of the molecule is O=C1NNC2C1CNC1C/C=C\C=C/CC12. The fourth-order valence-electron chi connectivity index (χ4n) is 3.00. The normalized spacial score (nSPS) is 45.9. The molecule has 2 aliphatic heterocycles. The Bertz CT molecular complexity index is 350. The summed E-state index contributed by atoms with van der Waals surface area (Å²) in [4.78, 5) is 11.6. The molecule has 4 unspecified atom stereocenters. The third kappa shape index (κ3) is 1.58. The Hall–Kier alpha value is -1.13. The number of carbonyl (C=O) groups excluding carboxylic acids is 1. The number of hydrogen-bond donors (Lipinski definition) is 3. The van der Waals surface area contributed by atoms with Gasteiger partial charge in [0.25, 0.3) is 0 Å². The minimum atomic E-state index is 0.0954. The van der Waals surface area contributed by atoms with Crippen LogP contribution in [0.25, 0.3) is 0 Å². The zero-order valence-electron chi connectivity index (χ0n) is 9.15. The van der Waals surface area contributed by atoms with E-state index in [2.05, 4.69) is 40.5 Å². The second kappa shape index (κ2) is 4.03. The lowest BCUT2D eigenvalue weighted by atomic mass is 9.77. The van der Waals surface area contributed by atoms with Gasteiger partial charge in [-0.1, -0.05) is 24.3 Å². The number of allylic oxidation sites excluding steroid dienone is 3. The summed E-state index contributed by atoms with van der Waals surface area (Å²) < 4.78 is 0. The molecule has 0 aromatic heterocycles. The predicted octanol–water partition coefficient (Wildman–Crippen LogP) is 0.0998. The number of amides is 1. The third-order valence-electron chi connectivity index (χ3n) is 3.89. The maximum absolute atomic E-state index is 11.6. The summed E-state index contributed by atoms with van der Waals surface area (Å²) in [6.07, 6.45) is 10.7. The molecule has 16 heavy (non-hydrogen) atoms. The van der Waals surface area contributed by atoms with Crippen LogP contribution in [0.1, 0.15) is 12.8 Å². The van der Waals surface area contributed by atoms with Gasteiger partial charge in [0, 0.05) is 18.6 Å². The standard InChI is InChI=1S/C12H17N3O/c16-12-9-7-13-10-6-4-2-1-3-5-8(10)11(9)14-15-12/h1-4,8-11,13-14H,5-7H2,(H,15,16)/b3-1-,4-2-.